The predicted molar refractivity (Wildman–Crippen MR) is 83.9 cm³/mol. The summed E-state index contributed by atoms with van der Waals surface area (Å²) in [5, 5.41) is 0. The smallest absolute Gasteiger partial charge is 0.415 e. The molecule has 1 aliphatic heterocycles. The number of thiazole rings is 1. The summed E-state index contributed by atoms with van der Waals surface area (Å²) in [6, 6.07) is 5.15. The van der Waals surface area contributed by atoms with Crippen LogP contribution in [0.4, 0.5) is 10.5 Å². The van der Waals surface area contributed by atoms with Gasteiger partial charge in [-0.3, -0.25) is 19.1 Å². The number of benzene rings is 1. The van der Waals surface area contributed by atoms with E-state index in [9.17, 15) is 14.4 Å². The van der Waals surface area contributed by atoms with E-state index in [0.717, 1.165) is 21.6 Å². The van der Waals surface area contributed by atoms with E-state index in [2.05, 4.69) is 6.58 Å². The van der Waals surface area contributed by atoms with Gasteiger partial charge in [-0.2, -0.15) is 0 Å². The first kappa shape index (κ1) is 14.3. The van der Waals surface area contributed by atoms with Crippen molar-refractivity contribution in [3.05, 3.63) is 34.4 Å². The van der Waals surface area contributed by atoms with Crippen LogP contribution in [0.25, 0.3) is 15.9 Å². The largest absolute Gasteiger partial charge is 0.434 e. The maximum absolute atomic E-state index is 12.0. The van der Waals surface area contributed by atoms with Crippen molar-refractivity contribution in [2.24, 2.45) is 5.73 Å². The molecular weight excluding hydrogens is 306 g/mol. The number of cyclic esters (lactones) is 1. The number of hydrogen-bond donors (Lipinski definition) is 1. The molecule has 0 aliphatic carbocycles. The second-order valence-electron chi connectivity index (χ2n) is 4.98. The molecule has 114 valence electrons. The zero-order valence-electron chi connectivity index (χ0n) is 11.7. The molecular formula is C14H13N3O4S. The number of rotatable bonds is 3. The van der Waals surface area contributed by atoms with E-state index in [1.807, 2.05) is 0 Å². The van der Waals surface area contributed by atoms with Crippen molar-refractivity contribution in [2.75, 3.05) is 11.4 Å². The van der Waals surface area contributed by atoms with E-state index in [0.29, 0.717) is 11.4 Å². The van der Waals surface area contributed by atoms with Crippen LogP contribution in [0.15, 0.2) is 29.6 Å². The van der Waals surface area contributed by atoms with E-state index in [4.69, 9.17) is 10.5 Å². The lowest BCUT2D eigenvalue weighted by Crippen LogP contribution is -2.32. The number of carbonyl (C=O) groups excluding carboxylic acids is 2. The molecule has 1 aromatic heterocycles. The molecule has 3 rings (SSSR count). The van der Waals surface area contributed by atoms with E-state index in [1.165, 1.54) is 9.47 Å². The standard InChI is InChI=1S/C14H13N3O4S/c1-7(2)17-9-4-3-8(5-11(9)22-14(17)20)16-6-10(12(15)18)21-13(16)19/h3-5,10H,1,6H2,2H3,(H2,15,18)/t10-/m1/s1. The Bertz CT molecular complexity index is 867. The number of carbonyl (C=O) groups is 2. The van der Waals surface area contributed by atoms with Crippen LogP contribution in [-0.2, 0) is 9.53 Å². The number of ether oxygens (including phenoxy) is 1. The van der Waals surface area contributed by atoms with Crippen molar-refractivity contribution in [1.82, 2.24) is 4.57 Å². The SMILES string of the molecule is C=C(C)n1c(=O)sc2cc(N3C[C@H](C(N)=O)OC3=O)ccc21. The summed E-state index contributed by atoms with van der Waals surface area (Å²) in [7, 11) is 0. The molecule has 2 aromatic rings. The summed E-state index contributed by atoms with van der Waals surface area (Å²) in [5.41, 5.74) is 7.05. The lowest BCUT2D eigenvalue weighted by molar-refractivity contribution is -0.124. The molecule has 22 heavy (non-hydrogen) atoms. The molecule has 1 atom stereocenters. The highest BCUT2D eigenvalue weighted by atomic mass is 32.1. The van der Waals surface area contributed by atoms with Gasteiger partial charge in [0.05, 0.1) is 16.8 Å². The highest BCUT2D eigenvalue weighted by Gasteiger charge is 2.35. The second-order valence-corrected chi connectivity index (χ2v) is 5.97. The normalized spacial score (nSPS) is 17.8. The monoisotopic (exact) mass is 319 g/mol. The van der Waals surface area contributed by atoms with Gasteiger partial charge in [0.2, 0.25) is 0 Å². The summed E-state index contributed by atoms with van der Waals surface area (Å²) in [6.07, 6.45) is -1.59. The highest BCUT2D eigenvalue weighted by Crippen LogP contribution is 2.28. The van der Waals surface area contributed by atoms with Gasteiger partial charge in [-0.15, -0.1) is 0 Å². The number of anilines is 1. The van der Waals surface area contributed by atoms with Crippen molar-refractivity contribution in [2.45, 2.75) is 13.0 Å². The van der Waals surface area contributed by atoms with Gasteiger partial charge in [0.25, 0.3) is 5.91 Å². The zero-order chi connectivity index (χ0) is 16.0. The minimum atomic E-state index is -0.957. The van der Waals surface area contributed by atoms with E-state index >= 15 is 0 Å². The van der Waals surface area contributed by atoms with E-state index in [-0.39, 0.29) is 11.4 Å². The van der Waals surface area contributed by atoms with Gasteiger partial charge < -0.3 is 10.5 Å². The van der Waals surface area contributed by atoms with Crippen LogP contribution in [0.2, 0.25) is 0 Å². The van der Waals surface area contributed by atoms with Crippen molar-refractivity contribution in [3.63, 3.8) is 0 Å². The van der Waals surface area contributed by atoms with Gasteiger partial charge in [-0.05, 0) is 25.1 Å². The average molecular weight is 319 g/mol. The van der Waals surface area contributed by atoms with Gasteiger partial charge in [0.15, 0.2) is 6.10 Å². The molecule has 0 radical (unpaired) electrons. The fourth-order valence-corrected chi connectivity index (χ4v) is 3.34. The molecule has 2 amide bonds. The molecule has 2 N–H and O–H groups in total. The Labute approximate surface area is 129 Å². The van der Waals surface area contributed by atoms with E-state index < -0.39 is 18.1 Å². The number of primary amides is 1. The summed E-state index contributed by atoms with van der Waals surface area (Å²) in [5.74, 6) is -0.685. The van der Waals surface area contributed by atoms with Crippen LogP contribution in [0.3, 0.4) is 0 Å². The first-order chi connectivity index (χ1) is 10.4. The molecule has 0 unspecified atom stereocenters. The molecule has 1 saturated heterocycles. The first-order valence-electron chi connectivity index (χ1n) is 6.47. The van der Waals surface area contributed by atoms with E-state index in [1.54, 1.807) is 25.1 Å². The third-order valence-corrected chi connectivity index (χ3v) is 4.29. The van der Waals surface area contributed by atoms with Gasteiger partial charge in [0, 0.05) is 11.4 Å². The van der Waals surface area contributed by atoms with Crippen molar-refractivity contribution in [1.29, 1.82) is 0 Å². The molecule has 0 saturated carbocycles. The van der Waals surface area contributed by atoms with Gasteiger partial charge in [-0.25, -0.2) is 4.79 Å². The Balaban J connectivity index is 2.03. The quantitative estimate of drug-likeness (QED) is 0.924. The van der Waals surface area contributed by atoms with Crippen molar-refractivity contribution >= 4 is 44.9 Å². The Hall–Kier alpha value is -2.61. The topological polar surface area (TPSA) is 94.6 Å². The minimum Gasteiger partial charge on any atom is -0.434 e. The van der Waals surface area contributed by atoms with Gasteiger partial charge >= 0.3 is 11.0 Å². The molecule has 0 bridgehead atoms. The Morgan fingerprint density at radius 3 is 2.77 bits per heavy atom. The first-order valence-corrected chi connectivity index (χ1v) is 7.29. The third kappa shape index (κ3) is 2.17. The molecule has 1 aromatic carbocycles. The number of fused-ring (bicyclic) bond motifs is 1. The van der Waals surface area contributed by atoms with Gasteiger partial charge in [0.1, 0.15) is 0 Å². The van der Waals surface area contributed by atoms with Crippen LogP contribution >= 0.6 is 11.3 Å². The predicted octanol–water partition coefficient (Wildman–Crippen LogP) is 1.36. The number of nitrogens with zero attached hydrogens (tertiary/aromatic N) is 2. The lowest BCUT2D eigenvalue weighted by Gasteiger charge is -2.12. The molecule has 0 spiro atoms. The number of amides is 2. The second kappa shape index (κ2) is 4.99. The summed E-state index contributed by atoms with van der Waals surface area (Å²) in [4.78, 5) is 36.1. The third-order valence-electron chi connectivity index (χ3n) is 3.39. The Morgan fingerprint density at radius 2 is 2.18 bits per heavy atom. The van der Waals surface area contributed by atoms with Crippen molar-refractivity contribution < 1.29 is 14.3 Å². The average Bonchev–Trinajstić information content (AvgIpc) is 2.97. The summed E-state index contributed by atoms with van der Waals surface area (Å²) >= 11 is 1.06. The van der Waals surface area contributed by atoms with Crippen LogP contribution in [0.5, 0.6) is 0 Å². The number of nitrogens with two attached hydrogens (primary N) is 1. The number of hydrogen-bond acceptors (Lipinski definition) is 5. The highest BCUT2D eigenvalue weighted by molar-refractivity contribution is 7.16. The van der Waals surface area contributed by atoms with Crippen LogP contribution in [0.1, 0.15) is 6.92 Å². The van der Waals surface area contributed by atoms with Crippen LogP contribution in [0, 0.1) is 0 Å². The van der Waals surface area contributed by atoms with Crippen LogP contribution < -0.4 is 15.5 Å². The minimum absolute atomic E-state index is 0.0652. The fraction of sp³-hybridized carbons (Fsp3) is 0.214. The fourth-order valence-electron chi connectivity index (χ4n) is 2.36. The molecule has 7 nitrogen and oxygen atoms in total. The number of aromatic nitrogens is 1. The maximum Gasteiger partial charge on any atom is 0.415 e. The maximum atomic E-state index is 12.0. The summed E-state index contributed by atoms with van der Waals surface area (Å²) in [6.45, 7) is 5.60. The van der Waals surface area contributed by atoms with Crippen LogP contribution in [-0.4, -0.2) is 29.2 Å². The zero-order valence-corrected chi connectivity index (χ0v) is 12.6. The number of allylic oxidation sites excluding steroid dienone is 1. The van der Waals surface area contributed by atoms with Crippen molar-refractivity contribution in [3.8, 4) is 0 Å². The molecule has 1 fully saturated rings. The molecule has 1 aliphatic rings. The lowest BCUT2D eigenvalue weighted by atomic mass is 10.2. The molecule has 2 heterocycles. The summed E-state index contributed by atoms with van der Waals surface area (Å²) < 4.78 is 7.14. The van der Waals surface area contributed by atoms with Gasteiger partial charge in [-0.1, -0.05) is 17.9 Å². The molecule has 8 heteroatoms. The Morgan fingerprint density at radius 1 is 1.45 bits per heavy atom. The Kier molecular flexibility index (Phi) is 3.25.